The SMILES string of the molecule is CCN(CC)c1ccc2c(c1)OC(=O)NC2(c1ccccc1)C(F)(F)F. The summed E-state index contributed by atoms with van der Waals surface area (Å²) in [5, 5.41) is 2.02. The Bertz CT molecular complexity index is 804. The van der Waals surface area contributed by atoms with Gasteiger partial charge in [-0.15, -0.1) is 0 Å². The summed E-state index contributed by atoms with van der Waals surface area (Å²) in [5.41, 5.74) is -2.15. The van der Waals surface area contributed by atoms with Crippen LogP contribution in [0.3, 0.4) is 0 Å². The monoisotopic (exact) mass is 364 g/mol. The summed E-state index contributed by atoms with van der Waals surface area (Å²) in [5.74, 6) is -0.0840. The van der Waals surface area contributed by atoms with Crippen molar-refractivity contribution in [2.45, 2.75) is 25.6 Å². The Morgan fingerprint density at radius 2 is 1.73 bits per heavy atom. The van der Waals surface area contributed by atoms with Gasteiger partial charge >= 0.3 is 12.3 Å². The highest BCUT2D eigenvalue weighted by atomic mass is 19.4. The van der Waals surface area contributed by atoms with E-state index in [1.165, 1.54) is 36.4 Å². The number of hydrogen-bond acceptors (Lipinski definition) is 3. The predicted octanol–water partition coefficient (Wildman–Crippen LogP) is 4.44. The molecule has 0 fully saturated rings. The molecule has 1 N–H and O–H groups in total. The molecule has 0 aliphatic carbocycles. The number of rotatable bonds is 4. The maximum absolute atomic E-state index is 14.2. The minimum absolute atomic E-state index is 0.0685. The predicted molar refractivity (Wildman–Crippen MR) is 92.4 cm³/mol. The Kier molecular flexibility index (Phi) is 4.56. The molecule has 138 valence electrons. The third-order valence-corrected chi connectivity index (χ3v) is 4.62. The fourth-order valence-corrected chi connectivity index (χ4v) is 3.34. The van der Waals surface area contributed by atoms with Crippen molar-refractivity contribution in [3.05, 3.63) is 59.7 Å². The average Bonchev–Trinajstić information content (AvgIpc) is 2.61. The van der Waals surface area contributed by atoms with Crippen molar-refractivity contribution in [1.82, 2.24) is 5.32 Å². The minimum Gasteiger partial charge on any atom is -0.410 e. The number of halogens is 3. The molecular weight excluding hydrogens is 345 g/mol. The second kappa shape index (κ2) is 6.55. The molecule has 1 aliphatic rings. The van der Waals surface area contributed by atoms with E-state index in [1.54, 1.807) is 12.1 Å². The van der Waals surface area contributed by atoms with Crippen LogP contribution < -0.4 is 15.0 Å². The van der Waals surface area contributed by atoms with E-state index in [0.717, 1.165) is 0 Å². The fourth-order valence-electron chi connectivity index (χ4n) is 3.34. The smallest absolute Gasteiger partial charge is 0.410 e. The average molecular weight is 364 g/mol. The number of alkyl halides is 3. The zero-order valence-electron chi connectivity index (χ0n) is 14.4. The number of ether oxygens (including phenoxy) is 1. The molecule has 1 amide bonds. The van der Waals surface area contributed by atoms with Crippen LogP contribution in [-0.4, -0.2) is 25.4 Å². The van der Waals surface area contributed by atoms with Crippen molar-refractivity contribution in [2.75, 3.05) is 18.0 Å². The number of anilines is 1. The van der Waals surface area contributed by atoms with E-state index in [1.807, 2.05) is 24.1 Å². The first kappa shape index (κ1) is 18.1. The lowest BCUT2D eigenvalue weighted by atomic mass is 9.80. The van der Waals surface area contributed by atoms with E-state index in [2.05, 4.69) is 0 Å². The first-order valence-corrected chi connectivity index (χ1v) is 8.35. The first-order valence-electron chi connectivity index (χ1n) is 8.35. The summed E-state index contributed by atoms with van der Waals surface area (Å²) in [6, 6.07) is 11.8. The Balaban J connectivity index is 2.25. The molecule has 7 heteroatoms. The van der Waals surface area contributed by atoms with E-state index in [0.29, 0.717) is 18.8 Å². The standard InChI is InChI=1S/C19H19F3N2O2/c1-3-24(4-2)14-10-11-15-16(12-14)26-17(25)23-18(15,19(20,21)22)13-8-6-5-7-9-13/h5-12H,3-4H2,1-2H3,(H,23,25). The lowest BCUT2D eigenvalue weighted by Gasteiger charge is -2.40. The molecule has 1 atom stereocenters. The highest BCUT2D eigenvalue weighted by molar-refractivity contribution is 5.78. The van der Waals surface area contributed by atoms with Crippen molar-refractivity contribution >= 4 is 11.8 Å². The lowest BCUT2D eigenvalue weighted by molar-refractivity contribution is -0.187. The van der Waals surface area contributed by atoms with Crippen molar-refractivity contribution in [2.24, 2.45) is 0 Å². The van der Waals surface area contributed by atoms with Gasteiger partial charge in [0.25, 0.3) is 0 Å². The van der Waals surface area contributed by atoms with Crippen molar-refractivity contribution in [1.29, 1.82) is 0 Å². The number of fused-ring (bicyclic) bond motifs is 1. The van der Waals surface area contributed by atoms with E-state index < -0.39 is 17.8 Å². The van der Waals surface area contributed by atoms with E-state index in [9.17, 15) is 18.0 Å². The van der Waals surface area contributed by atoms with Gasteiger partial charge < -0.3 is 9.64 Å². The van der Waals surface area contributed by atoms with Crippen molar-refractivity contribution in [3.8, 4) is 5.75 Å². The molecule has 0 radical (unpaired) electrons. The lowest BCUT2D eigenvalue weighted by Crippen LogP contribution is -2.60. The van der Waals surface area contributed by atoms with Gasteiger partial charge in [0, 0.05) is 30.4 Å². The molecule has 2 aromatic carbocycles. The number of nitrogens with zero attached hydrogens (tertiary/aromatic N) is 1. The van der Waals surface area contributed by atoms with E-state index in [4.69, 9.17) is 4.74 Å². The van der Waals surface area contributed by atoms with Gasteiger partial charge in [0.05, 0.1) is 0 Å². The van der Waals surface area contributed by atoms with Gasteiger partial charge in [0.2, 0.25) is 0 Å². The number of amides is 1. The maximum Gasteiger partial charge on any atom is 0.420 e. The molecule has 0 bridgehead atoms. The summed E-state index contributed by atoms with van der Waals surface area (Å²) < 4.78 is 47.8. The first-order chi connectivity index (χ1) is 12.3. The molecule has 26 heavy (non-hydrogen) atoms. The Hall–Kier alpha value is -2.70. The third-order valence-electron chi connectivity index (χ3n) is 4.62. The van der Waals surface area contributed by atoms with Gasteiger partial charge in [-0.25, -0.2) is 4.79 Å². The highest BCUT2D eigenvalue weighted by Gasteiger charge is 2.61. The van der Waals surface area contributed by atoms with Crippen LogP contribution in [0, 0.1) is 0 Å². The molecule has 0 saturated carbocycles. The van der Waals surface area contributed by atoms with Gasteiger partial charge in [-0.2, -0.15) is 13.2 Å². The van der Waals surface area contributed by atoms with Crippen LogP contribution in [0.5, 0.6) is 5.75 Å². The van der Waals surface area contributed by atoms with Gasteiger partial charge in [0.15, 0.2) is 5.54 Å². The van der Waals surface area contributed by atoms with Gasteiger partial charge in [-0.05, 0) is 25.5 Å². The normalized spacial score (nSPS) is 19.3. The van der Waals surface area contributed by atoms with E-state index in [-0.39, 0.29) is 16.9 Å². The molecule has 1 aliphatic heterocycles. The van der Waals surface area contributed by atoms with Gasteiger partial charge in [-0.1, -0.05) is 36.4 Å². The van der Waals surface area contributed by atoms with Crippen LogP contribution in [0.15, 0.2) is 48.5 Å². The molecule has 0 aromatic heterocycles. The summed E-state index contributed by atoms with van der Waals surface area (Å²) in [4.78, 5) is 14.0. The largest absolute Gasteiger partial charge is 0.420 e. The molecule has 4 nitrogen and oxygen atoms in total. The zero-order valence-corrected chi connectivity index (χ0v) is 14.4. The Morgan fingerprint density at radius 1 is 1.08 bits per heavy atom. The summed E-state index contributed by atoms with van der Waals surface area (Å²) >= 11 is 0. The molecule has 1 heterocycles. The molecular formula is C19H19F3N2O2. The summed E-state index contributed by atoms with van der Waals surface area (Å²) in [7, 11) is 0. The molecule has 1 unspecified atom stereocenters. The molecule has 0 spiro atoms. The maximum atomic E-state index is 14.2. The van der Waals surface area contributed by atoms with Gasteiger partial charge in [0.1, 0.15) is 5.75 Å². The molecule has 2 aromatic rings. The van der Waals surface area contributed by atoms with Gasteiger partial charge in [-0.3, -0.25) is 5.32 Å². The van der Waals surface area contributed by atoms with Crippen LogP contribution in [0.25, 0.3) is 0 Å². The molecule has 3 rings (SSSR count). The van der Waals surface area contributed by atoms with Crippen LogP contribution in [0.4, 0.5) is 23.7 Å². The van der Waals surface area contributed by atoms with Crippen LogP contribution >= 0.6 is 0 Å². The topological polar surface area (TPSA) is 41.6 Å². The quantitative estimate of drug-likeness (QED) is 0.872. The Morgan fingerprint density at radius 3 is 2.31 bits per heavy atom. The fraction of sp³-hybridized carbons (Fsp3) is 0.316. The van der Waals surface area contributed by atoms with E-state index >= 15 is 0 Å². The Labute approximate surface area is 149 Å². The summed E-state index contributed by atoms with van der Waals surface area (Å²) in [6.45, 7) is 5.26. The van der Waals surface area contributed by atoms with Crippen LogP contribution in [0.1, 0.15) is 25.0 Å². The third kappa shape index (κ3) is 2.77. The number of hydrogen-bond donors (Lipinski definition) is 1. The second-order valence-corrected chi connectivity index (χ2v) is 5.98. The molecule has 0 saturated heterocycles. The van der Waals surface area contributed by atoms with Crippen molar-refractivity contribution in [3.63, 3.8) is 0 Å². The number of carbonyl (C=O) groups is 1. The number of nitrogens with one attached hydrogen (secondary N) is 1. The minimum atomic E-state index is -4.75. The number of carbonyl (C=O) groups excluding carboxylic acids is 1. The highest BCUT2D eigenvalue weighted by Crippen LogP contribution is 2.49. The van der Waals surface area contributed by atoms with Crippen LogP contribution in [0.2, 0.25) is 0 Å². The zero-order chi connectivity index (χ0) is 18.9. The number of benzene rings is 2. The second-order valence-electron chi connectivity index (χ2n) is 5.98. The van der Waals surface area contributed by atoms with Crippen molar-refractivity contribution < 1.29 is 22.7 Å². The van der Waals surface area contributed by atoms with Crippen LogP contribution in [-0.2, 0) is 5.54 Å². The summed E-state index contributed by atoms with van der Waals surface area (Å²) in [6.07, 6.45) is -5.88.